The lowest BCUT2D eigenvalue weighted by Gasteiger charge is -2.60. The van der Waals surface area contributed by atoms with Gasteiger partial charge in [-0.2, -0.15) is 0 Å². The zero-order valence-electron chi connectivity index (χ0n) is 23.9. The molecule has 3 atom stereocenters. The summed E-state index contributed by atoms with van der Waals surface area (Å²) in [5.41, 5.74) is -0.870. The molecule has 4 aliphatic rings. The van der Waals surface area contributed by atoms with E-state index in [-0.39, 0.29) is 43.2 Å². The maximum atomic E-state index is 14.0. The number of methoxy groups -OCH3 is 2. The molecule has 4 heterocycles. The molecule has 4 aliphatic heterocycles. The van der Waals surface area contributed by atoms with Gasteiger partial charge < -0.3 is 34.2 Å². The molecule has 0 radical (unpaired) electrons. The standard InChI is InChI=1S/C30H37N3O7/c1-28(2,3)40-27(36)32-15-13-29(37)18-8-7-9-20(38-5)24(18)33-22(34)11-10-21(32)30(29,33)19-16-17-12-14-31(4)23(17)26(39-6)25(19)35/h7-9,16,21,35,37H,10-15H2,1-6H3/t21?,29-,30+/m1/s1. The number of aliphatic hydroxyl groups is 1. The van der Waals surface area contributed by atoms with Crippen LogP contribution in [0.3, 0.4) is 0 Å². The summed E-state index contributed by atoms with van der Waals surface area (Å²) in [6.07, 6.45) is 0.722. The maximum absolute atomic E-state index is 14.0. The monoisotopic (exact) mass is 551 g/mol. The molecule has 0 saturated carbocycles. The fraction of sp³-hybridized carbons (Fsp3) is 0.533. The number of hydrogen-bond donors (Lipinski definition) is 2. The van der Waals surface area contributed by atoms with Crippen LogP contribution in [0.5, 0.6) is 17.2 Å². The zero-order valence-corrected chi connectivity index (χ0v) is 23.9. The van der Waals surface area contributed by atoms with Crippen molar-refractivity contribution in [2.75, 3.05) is 44.2 Å². The van der Waals surface area contributed by atoms with Gasteiger partial charge in [-0.1, -0.05) is 12.1 Å². The lowest BCUT2D eigenvalue weighted by atomic mass is 9.61. The minimum absolute atomic E-state index is 0.117. The first-order valence-corrected chi connectivity index (χ1v) is 13.8. The third-order valence-electron chi connectivity index (χ3n) is 8.97. The maximum Gasteiger partial charge on any atom is 0.410 e. The van der Waals surface area contributed by atoms with Gasteiger partial charge >= 0.3 is 6.09 Å². The number of piperidine rings is 2. The topological polar surface area (TPSA) is 112 Å². The van der Waals surface area contributed by atoms with Crippen molar-refractivity contribution in [2.45, 2.75) is 69.2 Å². The first-order valence-electron chi connectivity index (χ1n) is 13.8. The van der Waals surface area contributed by atoms with Gasteiger partial charge in [0, 0.05) is 44.1 Å². The number of phenols is 1. The highest BCUT2D eigenvalue weighted by molar-refractivity contribution is 6.02. The normalized spacial score (nSPS) is 26.8. The summed E-state index contributed by atoms with van der Waals surface area (Å²) >= 11 is 0. The summed E-state index contributed by atoms with van der Waals surface area (Å²) in [6.45, 7) is 6.36. The van der Waals surface area contributed by atoms with Crippen LogP contribution in [0.25, 0.3) is 0 Å². The molecule has 10 nitrogen and oxygen atoms in total. The first kappa shape index (κ1) is 26.6. The molecule has 0 spiro atoms. The van der Waals surface area contributed by atoms with E-state index in [2.05, 4.69) is 0 Å². The minimum atomic E-state index is -1.64. The Morgan fingerprint density at radius 1 is 1.07 bits per heavy atom. The van der Waals surface area contributed by atoms with Gasteiger partial charge in [0.15, 0.2) is 11.5 Å². The number of benzene rings is 2. The number of ether oxygens (including phenoxy) is 3. The van der Waals surface area contributed by atoms with Crippen LogP contribution in [0, 0.1) is 0 Å². The number of hydrogen-bond acceptors (Lipinski definition) is 8. The van der Waals surface area contributed by atoms with E-state index < -0.39 is 28.9 Å². The van der Waals surface area contributed by atoms with Gasteiger partial charge in [0.05, 0.1) is 31.6 Å². The molecule has 2 N–H and O–H groups in total. The number of nitrogens with zero attached hydrogens (tertiary/aromatic N) is 3. The van der Waals surface area contributed by atoms with Crippen LogP contribution in [0.2, 0.25) is 0 Å². The Bertz CT molecular complexity index is 1420. The predicted octanol–water partition coefficient (Wildman–Crippen LogP) is 3.63. The van der Waals surface area contributed by atoms with Crippen LogP contribution in [0.4, 0.5) is 16.2 Å². The van der Waals surface area contributed by atoms with Gasteiger partial charge in [0.25, 0.3) is 0 Å². The summed E-state index contributed by atoms with van der Waals surface area (Å²) in [5, 5.41) is 24.9. The molecule has 1 unspecified atom stereocenters. The fourth-order valence-electron chi connectivity index (χ4n) is 7.54. The molecule has 40 heavy (non-hydrogen) atoms. The van der Waals surface area contributed by atoms with Crippen LogP contribution in [-0.2, 0) is 27.1 Å². The van der Waals surface area contributed by atoms with Crippen LogP contribution in [0.1, 0.15) is 56.7 Å². The van der Waals surface area contributed by atoms with Crippen molar-refractivity contribution in [3.8, 4) is 17.2 Å². The molecule has 2 aromatic carbocycles. The van der Waals surface area contributed by atoms with Crippen molar-refractivity contribution in [1.29, 1.82) is 0 Å². The minimum Gasteiger partial charge on any atom is -0.504 e. The molecule has 2 aromatic rings. The summed E-state index contributed by atoms with van der Waals surface area (Å²) < 4.78 is 17.3. The molecule has 0 aromatic heterocycles. The van der Waals surface area contributed by atoms with Gasteiger partial charge in [0.1, 0.15) is 22.5 Å². The number of fused-ring (bicyclic) bond motifs is 4. The van der Waals surface area contributed by atoms with E-state index in [1.54, 1.807) is 28.0 Å². The number of anilines is 2. The second kappa shape index (κ2) is 8.67. The van der Waals surface area contributed by atoms with E-state index in [0.717, 1.165) is 17.8 Å². The van der Waals surface area contributed by atoms with E-state index >= 15 is 0 Å². The van der Waals surface area contributed by atoms with Crippen molar-refractivity contribution in [3.63, 3.8) is 0 Å². The molecule has 6 rings (SSSR count). The number of likely N-dealkylation sites (tertiary alicyclic amines) is 1. The van der Waals surface area contributed by atoms with E-state index in [1.807, 2.05) is 38.8 Å². The van der Waals surface area contributed by atoms with Gasteiger partial charge in [-0.05, 0) is 51.3 Å². The Kier molecular flexibility index (Phi) is 5.75. The number of aromatic hydroxyl groups is 1. The third kappa shape index (κ3) is 3.25. The van der Waals surface area contributed by atoms with Crippen molar-refractivity contribution < 1.29 is 34.0 Å². The van der Waals surface area contributed by atoms with Crippen LogP contribution in [-0.4, -0.2) is 73.1 Å². The Morgan fingerprint density at radius 3 is 2.50 bits per heavy atom. The molecule has 2 saturated heterocycles. The summed E-state index contributed by atoms with van der Waals surface area (Å²) in [6, 6.07) is 6.54. The zero-order chi connectivity index (χ0) is 28.8. The van der Waals surface area contributed by atoms with Gasteiger partial charge in [0.2, 0.25) is 5.91 Å². The number of rotatable bonds is 3. The Balaban J connectivity index is 1.69. The van der Waals surface area contributed by atoms with Crippen molar-refractivity contribution in [3.05, 3.63) is 41.0 Å². The van der Waals surface area contributed by atoms with E-state index in [1.165, 1.54) is 14.2 Å². The number of para-hydroxylation sites is 1. The largest absolute Gasteiger partial charge is 0.504 e. The Labute approximate surface area is 234 Å². The second-order valence-electron chi connectivity index (χ2n) is 12.2. The van der Waals surface area contributed by atoms with Crippen molar-refractivity contribution in [1.82, 2.24) is 4.90 Å². The van der Waals surface area contributed by atoms with E-state index in [0.29, 0.717) is 29.0 Å². The highest BCUT2D eigenvalue weighted by Crippen LogP contribution is 2.68. The second-order valence-corrected chi connectivity index (χ2v) is 12.2. The molecule has 0 aliphatic carbocycles. The lowest BCUT2D eigenvalue weighted by Crippen LogP contribution is -2.74. The number of carbonyl (C=O) groups is 2. The number of phenolic OH excluding ortho intramolecular Hbond substituents is 1. The van der Waals surface area contributed by atoms with Crippen LogP contribution >= 0.6 is 0 Å². The molecule has 0 bridgehead atoms. The number of likely N-dealkylation sites (N-methyl/N-ethyl adjacent to an activating group) is 1. The van der Waals surface area contributed by atoms with Crippen LogP contribution < -0.4 is 19.3 Å². The average Bonchev–Trinajstić information content (AvgIpc) is 3.38. The third-order valence-corrected chi connectivity index (χ3v) is 8.97. The molecule has 214 valence electrons. The molecular weight excluding hydrogens is 514 g/mol. The molecule has 2 fully saturated rings. The highest BCUT2D eigenvalue weighted by Gasteiger charge is 2.73. The predicted molar refractivity (Wildman–Crippen MR) is 148 cm³/mol. The van der Waals surface area contributed by atoms with Gasteiger partial charge in [-0.3, -0.25) is 9.69 Å². The van der Waals surface area contributed by atoms with Gasteiger partial charge in [-0.25, -0.2) is 4.79 Å². The van der Waals surface area contributed by atoms with Gasteiger partial charge in [-0.15, -0.1) is 0 Å². The summed E-state index contributed by atoms with van der Waals surface area (Å²) in [4.78, 5) is 33.0. The Hall–Kier alpha value is -3.66. The SMILES string of the molecule is COc1cccc2c1N1C(=O)CCC3N(C(=O)OC(C)(C)C)CC[C@]2(O)[C@]31c1cc2c(c(OC)c1O)N(C)CC2. The fourth-order valence-corrected chi connectivity index (χ4v) is 7.54. The average molecular weight is 552 g/mol. The quantitative estimate of drug-likeness (QED) is 0.595. The summed E-state index contributed by atoms with van der Waals surface area (Å²) in [5.74, 6) is 0.342. The first-order chi connectivity index (χ1) is 18.9. The molecular formula is C30H37N3O7. The highest BCUT2D eigenvalue weighted by atomic mass is 16.6. The number of amides is 2. The van der Waals surface area contributed by atoms with Crippen molar-refractivity contribution >= 4 is 23.4 Å². The lowest BCUT2D eigenvalue weighted by molar-refractivity contribution is -0.147. The summed E-state index contributed by atoms with van der Waals surface area (Å²) in [7, 11) is 4.96. The van der Waals surface area contributed by atoms with E-state index in [9.17, 15) is 19.8 Å². The van der Waals surface area contributed by atoms with Crippen molar-refractivity contribution in [2.24, 2.45) is 0 Å². The Morgan fingerprint density at radius 2 is 1.82 bits per heavy atom. The van der Waals surface area contributed by atoms with E-state index in [4.69, 9.17) is 14.2 Å². The number of carbonyl (C=O) groups excluding carboxylic acids is 2. The van der Waals surface area contributed by atoms with Crippen LogP contribution in [0.15, 0.2) is 24.3 Å². The smallest absolute Gasteiger partial charge is 0.410 e. The molecule has 10 heteroatoms. The molecule has 2 amide bonds.